The van der Waals surface area contributed by atoms with E-state index in [1.807, 2.05) is 18.2 Å². The first-order chi connectivity index (χ1) is 9.18. The van der Waals surface area contributed by atoms with Crippen LogP contribution in [-0.2, 0) is 4.79 Å². The third-order valence-electron chi connectivity index (χ3n) is 3.47. The van der Waals surface area contributed by atoms with Gasteiger partial charge in [-0.05, 0) is 18.9 Å². The molecule has 98 valence electrons. The number of hydrogen-bond acceptors (Lipinski definition) is 3. The Labute approximate surface area is 109 Å². The fourth-order valence-electron chi connectivity index (χ4n) is 2.53. The SMILES string of the molecule is O=C(O)[C@@H]1CCCN1C(=O)c1n[nH]c2ccccc12. The second-order valence-electron chi connectivity index (χ2n) is 4.61. The van der Waals surface area contributed by atoms with Crippen LogP contribution >= 0.6 is 0 Å². The second kappa shape index (κ2) is 4.38. The average molecular weight is 259 g/mol. The Kier molecular flexibility index (Phi) is 2.70. The summed E-state index contributed by atoms with van der Waals surface area (Å²) < 4.78 is 0. The van der Waals surface area contributed by atoms with E-state index in [1.165, 1.54) is 4.90 Å². The summed E-state index contributed by atoms with van der Waals surface area (Å²) in [7, 11) is 0. The molecule has 2 aromatic rings. The Bertz CT molecular complexity index is 649. The van der Waals surface area contributed by atoms with E-state index in [2.05, 4.69) is 10.2 Å². The summed E-state index contributed by atoms with van der Waals surface area (Å²) in [5.41, 5.74) is 1.07. The van der Waals surface area contributed by atoms with E-state index in [9.17, 15) is 9.59 Å². The van der Waals surface area contributed by atoms with Crippen LogP contribution in [0.15, 0.2) is 24.3 Å². The number of aromatic nitrogens is 2. The molecule has 2 heterocycles. The lowest BCUT2D eigenvalue weighted by Crippen LogP contribution is -2.40. The zero-order valence-corrected chi connectivity index (χ0v) is 10.2. The Hall–Kier alpha value is -2.37. The van der Waals surface area contributed by atoms with Gasteiger partial charge in [0.1, 0.15) is 6.04 Å². The van der Waals surface area contributed by atoms with Gasteiger partial charge >= 0.3 is 5.97 Å². The summed E-state index contributed by atoms with van der Waals surface area (Å²) in [5, 5.41) is 16.7. The second-order valence-corrected chi connectivity index (χ2v) is 4.61. The molecule has 1 aliphatic heterocycles. The van der Waals surface area contributed by atoms with E-state index in [4.69, 9.17) is 5.11 Å². The number of fused-ring (bicyclic) bond motifs is 1. The van der Waals surface area contributed by atoms with E-state index < -0.39 is 12.0 Å². The molecule has 0 bridgehead atoms. The highest BCUT2D eigenvalue weighted by Gasteiger charge is 2.35. The summed E-state index contributed by atoms with van der Waals surface area (Å²) >= 11 is 0. The quantitative estimate of drug-likeness (QED) is 0.849. The molecule has 1 saturated heterocycles. The minimum Gasteiger partial charge on any atom is -0.480 e. The van der Waals surface area contributed by atoms with Gasteiger partial charge in [0, 0.05) is 11.9 Å². The van der Waals surface area contributed by atoms with E-state index >= 15 is 0 Å². The lowest BCUT2D eigenvalue weighted by Gasteiger charge is -2.20. The van der Waals surface area contributed by atoms with Crippen LogP contribution in [0, 0.1) is 0 Å². The molecular weight excluding hydrogens is 246 g/mol. The van der Waals surface area contributed by atoms with Crippen LogP contribution in [0.5, 0.6) is 0 Å². The number of hydrogen-bond donors (Lipinski definition) is 2. The predicted molar refractivity (Wildman–Crippen MR) is 67.8 cm³/mol. The summed E-state index contributed by atoms with van der Waals surface area (Å²) in [4.78, 5) is 24.9. The van der Waals surface area contributed by atoms with Crippen molar-refractivity contribution in [2.24, 2.45) is 0 Å². The van der Waals surface area contributed by atoms with Crippen molar-refractivity contribution in [3.63, 3.8) is 0 Å². The molecule has 0 saturated carbocycles. The molecule has 1 aliphatic rings. The number of amides is 1. The van der Waals surface area contributed by atoms with E-state index in [0.29, 0.717) is 25.1 Å². The summed E-state index contributed by atoms with van der Waals surface area (Å²) in [6.07, 6.45) is 1.22. The molecule has 1 aromatic heterocycles. The highest BCUT2D eigenvalue weighted by atomic mass is 16.4. The lowest BCUT2D eigenvalue weighted by atomic mass is 10.2. The maximum absolute atomic E-state index is 12.4. The van der Waals surface area contributed by atoms with Crippen molar-refractivity contribution < 1.29 is 14.7 Å². The van der Waals surface area contributed by atoms with Gasteiger partial charge in [-0.1, -0.05) is 18.2 Å². The fourth-order valence-corrected chi connectivity index (χ4v) is 2.53. The van der Waals surface area contributed by atoms with Gasteiger partial charge in [0.05, 0.1) is 5.52 Å². The molecule has 2 N–H and O–H groups in total. The van der Waals surface area contributed by atoms with Crippen molar-refractivity contribution in [1.82, 2.24) is 15.1 Å². The number of para-hydroxylation sites is 1. The van der Waals surface area contributed by atoms with Crippen LogP contribution in [0.1, 0.15) is 23.3 Å². The molecule has 1 atom stereocenters. The van der Waals surface area contributed by atoms with Crippen LogP contribution in [0.4, 0.5) is 0 Å². The van der Waals surface area contributed by atoms with Gasteiger partial charge in [0.25, 0.3) is 5.91 Å². The lowest BCUT2D eigenvalue weighted by molar-refractivity contribution is -0.141. The Morgan fingerprint density at radius 1 is 1.37 bits per heavy atom. The molecule has 6 heteroatoms. The molecule has 0 unspecified atom stereocenters. The third kappa shape index (κ3) is 1.85. The number of carboxylic acids is 1. The molecule has 1 aromatic carbocycles. The van der Waals surface area contributed by atoms with Crippen molar-refractivity contribution in [3.8, 4) is 0 Å². The maximum Gasteiger partial charge on any atom is 0.326 e. The van der Waals surface area contributed by atoms with Crippen molar-refractivity contribution in [2.45, 2.75) is 18.9 Å². The molecule has 3 rings (SSSR count). The first-order valence-electron chi connectivity index (χ1n) is 6.15. The van der Waals surface area contributed by atoms with Crippen LogP contribution in [0.2, 0.25) is 0 Å². The number of carbonyl (C=O) groups excluding carboxylic acids is 1. The van der Waals surface area contributed by atoms with Gasteiger partial charge in [-0.15, -0.1) is 0 Å². The number of aromatic amines is 1. The van der Waals surface area contributed by atoms with Crippen molar-refractivity contribution in [1.29, 1.82) is 0 Å². The highest BCUT2D eigenvalue weighted by molar-refractivity contribution is 6.05. The van der Waals surface area contributed by atoms with E-state index in [1.54, 1.807) is 6.07 Å². The van der Waals surface area contributed by atoms with Gasteiger partial charge in [-0.2, -0.15) is 5.10 Å². The number of benzene rings is 1. The molecule has 1 amide bonds. The number of carboxylic acid groups (broad SMARTS) is 1. The summed E-state index contributed by atoms with van der Waals surface area (Å²) in [6, 6.07) is 6.58. The number of nitrogens with zero attached hydrogens (tertiary/aromatic N) is 2. The number of nitrogens with one attached hydrogen (secondary N) is 1. The van der Waals surface area contributed by atoms with Gasteiger partial charge in [0.2, 0.25) is 0 Å². The first kappa shape index (κ1) is 11.7. The molecule has 6 nitrogen and oxygen atoms in total. The number of carbonyl (C=O) groups is 2. The zero-order valence-electron chi connectivity index (χ0n) is 10.2. The van der Waals surface area contributed by atoms with Gasteiger partial charge in [0.15, 0.2) is 5.69 Å². The largest absolute Gasteiger partial charge is 0.480 e. The highest BCUT2D eigenvalue weighted by Crippen LogP contribution is 2.23. The van der Waals surface area contributed by atoms with Gasteiger partial charge < -0.3 is 10.0 Å². The minimum absolute atomic E-state index is 0.295. The molecule has 0 aliphatic carbocycles. The third-order valence-corrected chi connectivity index (χ3v) is 3.47. The zero-order chi connectivity index (χ0) is 13.4. The molecule has 19 heavy (non-hydrogen) atoms. The van der Waals surface area contributed by atoms with Crippen molar-refractivity contribution >= 4 is 22.8 Å². The maximum atomic E-state index is 12.4. The molecule has 0 spiro atoms. The normalized spacial score (nSPS) is 18.9. The van der Waals surface area contributed by atoms with Crippen molar-refractivity contribution in [3.05, 3.63) is 30.0 Å². The van der Waals surface area contributed by atoms with E-state index in [0.717, 1.165) is 10.9 Å². The van der Waals surface area contributed by atoms with Crippen LogP contribution in [0.25, 0.3) is 10.9 Å². The van der Waals surface area contributed by atoms with E-state index in [-0.39, 0.29) is 5.91 Å². The monoisotopic (exact) mass is 259 g/mol. The smallest absolute Gasteiger partial charge is 0.326 e. The molecular formula is C13H13N3O3. The van der Waals surface area contributed by atoms with Gasteiger partial charge in [-0.3, -0.25) is 9.89 Å². The van der Waals surface area contributed by atoms with Crippen LogP contribution in [-0.4, -0.2) is 44.7 Å². The number of rotatable bonds is 2. The first-order valence-corrected chi connectivity index (χ1v) is 6.15. The Morgan fingerprint density at radius 2 is 2.16 bits per heavy atom. The minimum atomic E-state index is -0.953. The van der Waals surface area contributed by atoms with Crippen LogP contribution in [0.3, 0.4) is 0 Å². The number of likely N-dealkylation sites (tertiary alicyclic amines) is 1. The number of H-pyrrole nitrogens is 1. The fraction of sp³-hybridized carbons (Fsp3) is 0.308. The van der Waals surface area contributed by atoms with Crippen molar-refractivity contribution in [2.75, 3.05) is 6.54 Å². The predicted octanol–water partition coefficient (Wildman–Crippen LogP) is 1.25. The average Bonchev–Trinajstić information content (AvgIpc) is 3.05. The van der Waals surface area contributed by atoms with Gasteiger partial charge in [-0.25, -0.2) is 4.79 Å². The standard InChI is InChI=1S/C13H13N3O3/c17-12(16-7-3-6-10(16)13(18)19)11-8-4-1-2-5-9(8)14-15-11/h1-2,4-5,10H,3,6-7H2,(H,14,15)(H,18,19)/t10-/m0/s1. The van der Waals surface area contributed by atoms with Crippen LogP contribution < -0.4 is 0 Å². The topological polar surface area (TPSA) is 86.3 Å². The number of aliphatic carboxylic acids is 1. The summed E-state index contributed by atoms with van der Waals surface area (Å²) in [5.74, 6) is -1.27. The molecule has 1 fully saturated rings. The summed E-state index contributed by atoms with van der Waals surface area (Å²) in [6.45, 7) is 0.469. The molecule has 0 radical (unpaired) electrons. The Morgan fingerprint density at radius 3 is 2.95 bits per heavy atom. The Balaban J connectivity index is 1.98.